The van der Waals surface area contributed by atoms with Crippen LogP contribution in [0, 0.1) is 0 Å². The average molecular weight is 259 g/mol. The maximum Gasteiger partial charge on any atom is 0.0899 e. The molecule has 1 atom stereocenters. The number of rotatable bonds is 7. The van der Waals surface area contributed by atoms with Crippen molar-refractivity contribution in [3.63, 3.8) is 0 Å². The van der Waals surface area contributed by atoms with Crippen molar-refractivity contribution >= 4 is 17.2 Å². The molecule has 0 aromatic heterocycles. The Kier molecular flexibility index (Phi) is 6.96. The molecule has 100 valence electrons. The number of hydrogen-bond donors (Lipinski definition) is 1. The maximum absolute atomic E-state index is 5.67. The minimum absolute atomic E-state index is 0.225. The molecule has 1 saturated heterocycles. The third kappa shape index (κ3) is 5.29. The van der Waals surface area contributed by atoms with Gasteiger partial charge in [0.15, 0.2) is 0 Å². The van der Waals surface area contributed by atoms with E-state index in [9.17, 15) is 0 Å². The lowest BCUT2D eigenvalue weighted by molar-refractivity contribution is 0.0723. The molecule has 1 heterocycles. The fourth-order valence-electron chi connectivity index (χ4n) is 1.99. The van der Waals surface area contributed by atoms with Crippen LogP contribution >= 0.6 is 12.2 Å². The maximum atomic E-state index is 5.67. The van der Waals surface area contributed by atoms with Gasteiger partial charge in [-0.25, -0.2) is 0 Å². The van der Waals surface area contributed by atoms with Crippen molar-refractivity contribution < 1.29 is 4.74 Å². The predicted octanol–water partition coefficient (Wildman–Crippen LogP) is 0.705. The molecular weight excluding hydrogens is 234 g/mol. The Morgan fingerprint density at radius 3 is 2.47 bits per heavy atom. The summed E-state index contributed by atoms with van der Waals surface area (Å²) in [5.41, 5.74) is 5.67. The SMILES string of the molecule is CCCOCCN1CCN(C(C)C(N)=S)CC1. The Balaban J connectivity index is 2.15. The molecule has 1 fully saturated rings. The molecule has 0 aliphatic carbocycles. The third-order valence-electron chi connectivity index (χ3n) is 3.27. The van der Waals surface area contributed by atoms with Gasteiger partial charge in [-0.15, -0.1) is 0 Å². The van der Waals surface area contributed by atoms with Gasteiger partial charge in [-0.3, -0.25) is 9.80 Å². The van der Waals surface area contributed by atoms with Crippen molar-refractivity contribution in [2.75, 3.05) is 45.9 Å². The van der Waals surface area contributed by atoms with Crippen LogP contribution in [0.4, 0.5) is 0 Å². The molecule has 1 rings (SSSR count). The number of ether oxygens (including phenoxy) is 1. The van der Waals surface area contributed by atoms with Crippen LogP contribution < -0.4 is 5.73 Å². The zero-order valence-corrected chi connectivity index (χ0v) is 11.8. The van der Waals surface area contributed by atoms with E-state index in [-0.39, 0.29) is 6.04 Å². The normalized spacial score (nSPS) is 20.4. The van der Waals surface area contributed by atoms with Crippen molar-refractivity contribution in [1.29, 1.82) is 0 Å². The Morgan fingerprint density at radius 2 is 1.94 bits per heavy atom. The predicted molar refractivity (Wildman–Crippen MR) is 75.4 cm³/mol. The van der Waals surface area contributed by atoms with Gasteiger partial charge >= 0.3 is 0 Å². The van der Waals surface area contributed by atoms with Crippen molar-refractivity contribution in [2.45, 2.75) is 26.3 Å². The molecule has 0 aromatic carbocycles. The molecule has 2 N–H and O–H groups in total. The fraction of sp³-hybridized carbons (Fsp3) is 0.917. The van der Waals surface area contributed by atoms with E-state index in [0.717, 1.165) is 52.4 Å². The van der Waals surface area contributed by atoms with E-state index in [4.69, 9.17) is 22.7 Å². The zero-order valence-electron chi connectivity index (χ0n) is 11.0. The minimum atomic E-state index is 0.225. The van der Waals surface area contributed by atoms with E-state index in [2.05, 4.69) is 23.6 Å². The second-order valence-electron chi connectivity index (χ2n) is 4.57. The van der Waals surface area contributed by atoms with Gasteiger partial charge in [0.05, 0.1) is 17.6 Å². The van der Waals surface area contributed by atoms with Crippen molar-refractivity contribution in [1.82, 2.24) is 9.80 Å². The van der Waals surface area contributed by atoms with Gasteiger partial charge in [0.2, 0.25) is 0 Å². The van der Waals surface area contributed by atoms with Crippen LogP contribution in [0.25, 0.3) is 0 Å². The lowest BCUT2D eigenvalue weighted by Crippen LogP contribution is -2.53. The first-order valence-corrected chi connectivity index (χ1v) is 6.89. The molecule has 17 heavy (non-hydrogen) atoms. The molecule has 5 heteroatoms. The molecule has 4 nitrogen and oxygen atoms in total. The van der Waals surface area contributed by atoms with E-state index >= 15 is 0 Å². The molecule has 1 unspecified atom stereocenters. The lowest BCUT2D eigenvalue weighted by atomic mass is 10.2. The van der Waals surface area contributed by atoms with Crippen molar-refractivity contribution in [3.8, 4) is 0 Å². The van der Waals surface area contributed by atoms with Crippen LogP contribution in [0.5, 0.6) is 0 Å². The second kappa shape index (κ2) is 7.97. The molecule has 1 aliphatic rings. The monoisotopic (exact) mass is 259 g/mol. The molecule has 0 saturated carbocycles. The standard InChI is InChI=1S/C12H25N3OS/c1-3-9-16-10-8-14-4-6-15(7-5-14)11(2)12(13)17/h11H,3-10H2,1-2H3,(H2,13,17). The summed E-state index contributed by atoms with van der Waals surface area (Å²) in [6.07, 6.45) is 1.10. The minimum Gasteiger partial charge on any atom is -0.392 e. The van der Waals surface area contributed by atoms with Crippen LogP contribution in [0.2, 0.25) is 0 Å². The van der Waals surface area contributed by atoms with Gasteiger partial charge in [0.1, 0.15) is 0 Å². The smallest absolute Gasteiger partial charge is 0.0899 e. The quantitative estimate of drug-likeness (QED) is 0.538. The first kappa shape index (κ1) is 14.8. The molecular formula is C12H25N3OS. The topological polar surface area (TPSA) is 41.7 Å². The van der Waals surface area contributed by atoms with Crippen LogP contribution in [-0.2, 0) is 4.74 Å². The number of nitrogens with zero attached hydrogens (tertiary/aromatic N) is 2. The van der Waals surface area contributed by atoms with E-state index < -0.39 is 0 Å². The highest BCUT2D eigenvalue weighted by Crippen LogP contribution is 2.06. The molecule has 0 spiro atoms. The molecule has 0 amide bonds. The third-order valence-corrected chi connectivity index (χ3v) is 3.61. The first-order chi connectivity index (χ1) is 8.15. The van der Waals surface area contributed by atoms with Crippen LogP contribution in [0.15, 0.2) is 0 Å². The van der Waals surface area contributed by atoms with E-state index in [1.54, 1.807) is 0 Å². The summed E-state index contributed by atoms with van der Waals surface area (Å²) >= 11 is 5.03. The van der Waals surface area contributed by atoms with Gasteiger partial charge in [0.25, 0.3) is 0 Å². The van der Waals surface area contributed by atoms with Crippen molar-refractivity contribution in [3.05, 3.63) is 0 Å². The van der Waals surface area contributed by atoms with Gasteiger partial charge in [0, 0.05) is 39.3 Å². The van der Waals surface area contributed by atoms with Gasteiger partial charge in [-0.2, -0.15) is 0 Å². The summed E-state index contributed by atoms with van der Waals surface area (Å²) in [5, 5.41) is 0. The van der Waals surface area contributed by atoms with Crippen LogP contribution in [-0.4, -0.2) is 66.8 Å². The number of thiocarbonyl (C=S) groups is 1. The van der Waals surface area contributed by atoms with E-state index in [1.807, 2.05) is 0 Å². The molecule has 0 aromatic rings. The first-order valence-electron chi connectivity index (χ1n) is 6.48. The summed E-state index contributed by atoms with van der Waals surface area (Å²) in [4.78, 5) is 5.40. The summed E-state index contributed by atoms with van der Waals surface area (Å²) < 4.78 is 5.50. The second-order valence-corrected chi connectivity index (χ2v) is 5.04. The highest BCUT2D eigenvalue weighted by molar-refractivity contribution is 7.80. The summed E-state index contributed by atoms with van der Waals surface area (Å²) in [7, 11) is 0. The Hall–Kier alpha value is -0.230. The van der Waals surface area contributed by atoms with Crippen LogP contribution in [0.3, 0.4) is 0 Å². The van der Waals surface area contributed by atoms with Crippen LogP contribution in [0.1, 0.15) is 20.3 Å². The zero-order chi connectivity index (χ0) is 12.7. The number of piperazine rings is 1. The number of nitrogens with two attached hydrogens (primary N) is 1. The Bertz CT molecular complexity index is 230. The van der Waals surface area contributed by atoms with Crippen molar-refractivity contribution in [2.24, 2.45) is 5.73 Å². The molecule has 0 radical (unpaired) electrons. The summed E-state index contributed by atoms with van der Waals surface area (Å²) in [6, 6.07) is 0.225. The molecule has 0 bridgehead atoms. The fourth-order valence-corrected chi connectivity index (χ4v) is 2.14. The Morgan fingerprint density at radius 1 is 1.29 bits per heavy atom. The Labute approximate surface area is 110 Å². The van der Waals surface area contributed by atoms with Gasteiger partial charge in [-0.1, -0.05) is 19.1 Å². The molecule has 1 aliphatic heterocycles. The number of hydrogen-bond acceptors (Lipinski definition) is 4. The summed E-state index contributed by atoms with van der Waals surface area (Å²) in [5.74, 6) is 0. The van der Waals surface area contributed by atoms with E-state index in [1.165, 1.54) is 0 Å². The average Bonchev–Trinajstić information content (AvgIpc) is 2.34. The highest BCUT2D eigenvalue weighted by atomic mass is 32.1. The van der Waals surface area contributed by atoms with E-state index in [0.29, 0.717) is 4.99 Å². The lowest BCUT2D eigenvalue weighted by Gasteiger charge is -2.37. The van der Waals surface area contributed by atoms with Gasteiger partial charge in [-0.05, 0) is 13.3 Å². The largest absolute Gasteiger partial charge is 0.392 e. The summed E-state index contributed by atoms with van der Waals surface area (Å²) in [6.45, 7) is 11.2. The van der Waals surface area contributed by atoms with Gasteiger partial charge < -0.3 is 10.5 Å². The highest BCUT2D eigenvalue weighted by Gasteiger charge is 2.21.